The average Bonchev–Trinajstić information content (AvgIpc) is 3.23. The molecule has 166 valence electrons. The van der Waals surface area contributed by atoms with E-state index in [9.17, 15) is 9.59 Å². The molecule has 0 spiro atoms. The molecule has 0 radical (unpaired) electrons. The maximum absolute atomic E-state index is 13.3. The Morgan fingerprint density at radius 2 is 1.78 bits per heavy atom. The minimum absolute atomic E-state index is 0.0549. The molecule has 2 aromatic carbocycles. The van der Waals surface area contributed by atoms with Crippen molar-refractivity contribution in [1.29, 1.82) is 0 Å². The van der Waals surface area contributed by atoms with Crippen molar-refractivity contribution in [1.82, 2.24) is 20.0 Å². The summed E-state index contributed by atoms with van der Waals surface area (Å²) in [5.74, 6) is -0.451. The van der Waals surface area contributed by atoms with Crippen LogP contribution in [0, 0.1) is 13.8 Å². The Morgan fingerprint density at radius 1 is 1.06 bits per heavy atom. The molecule has 1 fully saturated rings. The van der Waals surface area contributed by atoms with Crippen LogP contribution in [-0.2, 0) is 4.79 Å². The van der Waals surface area contributed by atoms with E-state index in [1.807, 2.05) is 41.3 Å². The number of carbonyl (C=O) groups excluding carboxylic acids is 2. The van der Waals surface area contributed by atoms with Gasteiger partial charge in [0, 0.05) is 30.9 Å². The van der Waals surface area contributed by atoms with Gasteiger partial charge in [0.1, 0.15) is 5.69 Å². The second-order valence-electron chi connectivity index (χ2n) is 8.46. The second kappa shape index (κ2) is 9.36. The van der Waals surface area contributed by atoms with Crippen LogP contribution in [-0.4, -0.2) is 52.2 Å². The minimum Gasteiger partial charge on any atom is -0.369 e. The Labute approximate surface area is 188 Å². The summed E-state index contributed by atoms with van der Waals surface area (Å²) in [5.41, 5.74) is 10.7. The number of nitrogens with zero attached hydrogens (tertiary/aromatic N) is 3. The fourth-order valence-electron chi connectivity index (χ4n) is 4.07. The van der Waals surface area contributed by atoms with Gasteiger partial charge in [-0.1, -0.05) is 30.3 Å². The van der Waals surface area contributed by atoms with Gasteiger partial charge in [-0.25, -0.2) is 4.68 Å². The number of amides is 2. The molecule has 7 nitrogen and oxygen atoms in total. The lowest BCUT2D eigenvalue weighted by Gasteiger charge is -2.31. The van der Waals surface area contributed by atoms with E-state index in [1.165, 1.54) is 5.56 Å². The summed E-state index contributed by atoms with van der Waals surface area (Å²) >= 11 is 0. The number of para-hydroxylation sites is 1. The van der Waals surface area contributed by atoms with Gasteiger partial charge >= 0.3 is 0 Å². The van der Waals surface area contributed by atoms with Gasteiger partial charge in [-0.05, 0) is 56.0 Å². The van der Waals surface area contributed by atoms with Gasteiger partial charge in [-0.3, -0.25) is 14.5 Å². The molecule has 1 aliphatic rings. The molecule has 1 aromatic heterocycles. The molecular formula is C25H29N5O2. The summed E-state index contributed by atoms with van der Waals surface area (Å²) in [6, 6.07) is 16.0. The third-order valence-electron chi connectivity index (χ3n) is 6.06. The van der Waals surface area contributed by atoms with Crippen molar-refractivity contribution in [3.8, 4) is 16.9 Å². The van der Waals surface area contributed by atoms with Crippen LogP contribution < -0.4 is 11.1 Å². The van der Waals surface area contributed by atoms with E-state index in [0.717, 1.165) is 42.7 Å². The van der Waals surface area contributed by atoms with E-state index in [4.69, 9.17) is 10.8 Å². The fourth-order valence-corrected chi connectivity index (χ4v) is 4.07. The maximum Gasteiger partial charge on any atom is 0.255 e. The van der Waals surface area contributed by atoms with Crippen molar-refractivity contribution in [3.63, 3.8) is 0 Å². The first-order valence-electron chi connectivity index (χ1n) is 10.9. The predicted octanol–water partition coefficient (Wildman–Crippen LogP) is 2.84. The molecule has 7 heteroatoms. The molecule has 32 heavy (non-hydrogen) atoms. The number of likely N-dealkylation sites (tertiary alicyclic amines) is 1. The summed E-state index contributed by atoms with van der Waals surface area (Å²) in [4.78, 5) is 26.5. The molecule has 2 amide bonds. The molecule has 2 heterocycles. The summed E-state index contributed by atoms with van der Waals surface area (Å²) in [7, 11) is 0. The summed E-state index contributed by atoms with van der Waals surface area (Å²) < 4.78 is 1.76. The molecule has 0 unspecified atom stereocenters. The van der Waals surface area contributed by atoms with E-state index < -0.39 is 0 Å². The van der Waals surface area contributed by atoms with Gasteiger partial charge < -0.3 is 11.1 Å². The van der Waals surface area contributed by atoms with E-state index in [0.29, 0.717) is 11.3 Å². The Balaban J connectivity index is 1.59. The molecule has 1 saturated heterocycles. The topological polar surface area (TPSA) is 93.2 Å². The van der Waals surface area contributed by atoms with Gasteiger partial charge in [0.2, 0.25) is 5.91 Å². The van der Waals surface area contributed by atoms with Gasteiger partial charge in [0.25, 0.3) is 5.91 Å². The van der Waals surface area contributed by atoms with Crippen LogP contribution in [0.5, 0.6) is 0 Å². The van der Waals surface area contributed by atoms with Gasteiger partial charge in [0.15, 0.2) is 0 Å². The number of primary amides is 1. The Kier molecular flexibility index (Phi) is 6.37. The first kappa shape index (κ1) is 21.8. The van der Waals surface area contributed by atoms with Crippen LogP contribution in [0.25, 0.3) is 16.9 Å². The number of hydrogen-bond acceptors (Lipinski definition) is 4. The van der Waals surface area contributed by atoms with Gasteiger partial charge in [0.05, 0.1) is 17.8 Å². The summed E-state index contributed by atoms with van der Waals surface area (Å²) in [6.07, 6.45) is 3.37. The van der Waals surface area contributed by atoms with Gasteiger partial charge in [-0.15, -0.1) is 0 Å². The average molecular weight is 432 g/mol. The number of aromatic nitrogens is 2. The number of carbonyl (C=O) groups is 2. The van der Waals surface area contributed by atoms with E-state index in [-0.39, 0.29) is 24.4 Å². The Bertz CT molecular complexity index is 1110. The summed E-state index contributed by atoms with van der Waals surface area (Å²) in [5, 5.41) is 7.95. The smallest absolute Gasteiger partial charge is 0.255 e. The van der Waals surface area contributed by atoms with E-state index >= 15 is 0 Å². The second-order valence-corrected chi connectivity index (χ2v) is 8.46. The number of piperidine rings is 1. The van der Waals surface area contributed by atoms with Crippen LogP contribution in [0.4, 0.5) is 0 Å². The lowest BCUT2D eigenvalue weighted by atomic mass is 10.0. The standard InChI is InChI=1S/C25H29N5O2/c1-17-8-9-19(14-18(17)2)24-22(15-30(28-24)21-6-4-3-5-7-21)25(32)27-20-10-12-29(13-11-20)16-23(26)31/h3-9,14-15,20H,10-13,16H2,1-2H3,(H2,26,31)(H,27,32). The van der Waals surface area contributed by atoms with E-state index in [2.05, 4.69) is 31.3 Å². The van der Waals surface area contributed by atoms with Crippen LogP contribution in [0.15, 0.2) is 54.7 Å². The van der Waals surface area contributed by atoms with Crippen molar-refractivity contribution in [2.75, 3.05) is 19.6 Å². The molecular weight excluding hydrogens is 402 g/mol. The van der Waals surface area contributed by atoms with Crippen LogP contribution in [0.2, 0.25) is 0 Å². The third-order valence-corrected chi connectivity index (χ3v) is 6.06. The highest BCUT2D eigenvalue weighted by Gasteiger charge is 2.25. The monoisotopic (exact) mass is 431 g/mol. The molecule has 3 aromatic rings. The Morgan fingerprint density at radius 3 is 2.44 bits per heavy atom. The largest absolute Gasteiger partial charge is 0.369 e. The van der Waals surface area contributed by atoms with Gasteiger partial charge in [-0.2, -0.15) is 5.10 Å². The molecule has 0 aliphatic carbocycles. The number of rotatable bonds is 6. The normalized spacial score (nSPS) is 14.9. The van der Waals surface area contributed by atoms with Crippen molar-refractivity contribution >= 4 is 11.8 Å². The highest BCUT2D eigenvalue weighted by Crippen LogP contribution is 2.26. The number of nitrogens with two attached hydrogens (primary N) is 1. The number of benzene rings is 2. The maximum atomic E-state index is 13.3. The lowest BCUT2D eigenvalue weighted by Crippen LogP contribution is -2.46. The van der Waals surface area contributed by atoms with Crippen molar-refractivity contribution in [2.45, 2.75) is 32.7 Å². The number of aryl methyl sites for hydroxylation is 2. The molecule has 3 N–H and O–H groups in total. The minimum atomic E-state index is -0.321. The molecule has 1 aliphatic heterocycles. The Hall–Kier alpha value is -3.45. The van der Waals surface area contributed by atoms with Crippen molar-refractivity contribution in [3.05, 3.63) is 71.4 Å². The van der Waals surface area contributed by atoms with Crippen LogP contribution in [0.3, 0.4) is 0 Å². The molecule has 4 rings (SSSR count). The zero-order chi connectivity index (χ0) is 22.7. The predicted molar refractivity (Wildman–Crippen MR) is 125 cm³/mol. The first-order chi connectivity index (χ1) is 15.4. The fraction of sp³-hybridized carbons (Fsp3) is 0.320. The number of hydrogen-bond donors (Lipinski definition) is 2. The molecule has 0 atom stereocenters. The molecule has 0 bridgehead atoms. The van der Waals surface area contributed by atoms with Crippen LogP contribution >= 0.6 is 0 Å². The zero-order valence-corrected chi connectivity index (χ0v) is 18.5. The molecule has 0 saturated carbocycles. The zero-order valence-electron chi connectivity index (χ0n) is 18.5. The highest BCUT2D eigenvalue weighted by atomic mass is 16.2. The lowest BCUT2D eigenvalue weighted by molar-refractivity contribution is -0.119. The van der Waals surface area contributed by atoms with Crippen molar-refractivity contribution in [2.24, 2.45) is 5.73 Å². The van der Waals surface area contributed by atoms with Crippen LogP contribution in [0.1, 0.15) is 34.3 Å². The van der Waals surface area contributed by atoms with Crippen molar-refractivity contribution < 1.29 is 9.59 Å². The SMILES string of the molecule is Cc1ccc(-c2nn(-c3ccccc3)cc2C(=O)NC2CCN(CC(N)=O)CC2)cc1C. The quantitative estimate of drug-likeness (QED) is 0.628. The summed E-state index contributed by atoms with van der Waals surface area (Å²) in [6.45, 7) is 5.87. The third kappa shape index (κ3) is 4.89. The number of nitrogens with one attached hydrogen (secondary N) is 1. The van der Waals surface area contributed by atoms with E-state index in [1.54, 1.807) is 10.9 Å². The highest BCUT2D eigenvalue weighted by molar-refractivity contribution is 6.00. The first-order valence-corrected chi connectivity index (χ1v) is 10.9.